The second kappa shape index (κ2) is 4.35. The van der Waals surface area contributed by atoms with Gasteiger partial charge in [-0.15, -0.1) is 0 Å². The third-order valence-corrected chi connectivity index (χ3v) is 3.11. The van der Waals surface area contributed by atoms with Crippen LogP contribution < -0.4 is 4.90 Å². The number of hydrogen-bond donors (Lipinski definition) is 0. The third kappa shape index (κ3) is 2.12. The van der Waals surface area contributed by atoms with Crippen molar-refractivity contribution in [3.05, 3.63) is 29.8 Å². The number of piperidine rings is 1. The summed E-state index contributed by atoms with van der Waals surface area (Å²) in [5.74, 6) is 0. The van der Waals surface area contributed by atoms with E-state index in [9.17, 15) is 0 Å². The van der Waals surface area contributed by atoms with Crippen molar-refractivity contribution in [3.8, 4) is 6.07 Å². The van der Waals surface area contributed by atoms with Gasteiger partial charge in [0.25, 0.3) is 0 Å². The predicted molar refractivity (Wildman–Crippen MR) is 61.8 cm³/mol. The van der Waals surface area contributed by atoms with Crippen LogP contribution in [0, 0.1) is 11.3 Å². The first-order valence-electron chi connectivity index (χ1n) is 5.58. The van der Waals surface area contributed by atoms with E-state index in [0.717, 1.165) is 12.1 Å². The molecule has 1 unspecified atom stereocenters. The Morgan fingerprint density at radius 3 is 3.00 bits per heavy atom. The largest absolute Gasteiger partial charge is 0.369 e. The second-order valence-corrected chi connectivity index (χ2v) is 4.20. The quantitative estimate of drug-likeness (QED) is 0.697. The molecule has 1 atom stereocenters. The summed E-state index contributed by atoms with van der Waals surface area (Å²) in [5, 5.41) is 8.86. The smallest absolute Gasteiger partial charge is 0.0992 e. The maximum Gasteiger partial charge on any atom is 0.0992 e. The van der Waals surface area contributed by atoms with Crippen molar-refractivity contribution in [1.29, 1.82) is 5.26 Å². The van der Waals surface area contributed by atoms with E-state index in [-0.39, 0.29) is 0 Å². The van der Waals surface area contributed by atoms with E-state index >= 15 is 0 Å². The summed E-state index contributed by atoms with van der Waals surface area (Å²) in [4.78, 5) is 2.41. The molecule has 0 aromatic heterocycles. The maximum atomic E-state index is 8.86. The fraction of sp³-hybridized carbons (Fsp3) is 0.462. The highest BCUT2D eigenvalue weighted by Crippen LogP contribution is 2.24. The van der Waals surface area contributed by atoms with Gasteiger partial charge in [0.05, 0.1) is 11.6 Å². The summed E-state index contributed by atoms with van der Waals surface area (Å²) in [6.45, 7) is 3.38. The fourth-order valence-electron chi connectivity index (χ4n) is 2.24. The summed E-state index contributed by atoms with van der Waals surface area (Å²) in [6, 6.07) is 10.7. The van der Waals surface area contributed by atoms with Crippen molar-refractivity contribution in [3.63, 3.8) is 0 Å². The summed E-state index contributed by atoms with van der Waals surface area (Å²) in [7, 11) is 0. The van der Waals surface area contributed by atoms with Crippen LogP contribution in [0.1, 0.15) is 31.7 Å². The molecule has 0 spiro atoms. The Morgan fingerprint density at radius 1 is 1.40 bits per heavy atom. The molecule has 0 amide bonds. The summed E-state index contributed by atoms with van der Waals surface area (Å²) < 4.78 is 0. The predicted octanol–water partition coefficient (Wildman–Crippen LogP) is 2.94. The van der Waals surface area contributed by atoms with Crippen LogP contribution in [0.5, 0.6) is 0 Å². The Kier molecular flexibility index (Phi) is 2.91. The molecule has 78 valence electrons. The van der Waals surface area contributed by atoms with E-state index in [4.69, 9.17) is 5.26 Å². The van der Waals surface area contributed by atoms with Gasteiger partial charge in [-0.25, -0.2) is 0 Å². The molecule has 1 aliphatic heterocycles. The van der Waals surface area contributed by atoms with Gasteiger partial charge in [0.1, 0.15) is 0 Å². The molecule has 0 radical (unpaired) electrons. The van der Waals surface area contributed by atoms with Gasteiger partial charge in [0.2, 0.25) is 0 Å². The van der Waals surface area contributed by atoms with E-state index < -0.39 is 0 Å². The van der Waals surface area contributed by atoms with E-state index in [1.165, 1.54) is 24.9 Å². The number of hydrogen-bond acceptors (Lipinski definition) is 2. The van der Waals surface area contributed by atoms with Crippen molar-refractivity contribution >= 4 is 5.69 Å². The maximum absolute atomic E-state index is 8.86. The molecule has 1 aromatic carbocycles. The molecule has 0 saturated carbocycles. The molecule has 1 aliphatic rings. The number of benzene rings is 1. The van der Waals surface area contributed by atoms with Crippen LogP contribution in [0.2, 0.25) is 0 Å². The van der Waals surface area contributed by atoms with E-state index in [2.05, 4.69) is 24.0 Å². The molecule has 2 nitrogen and oxygen atoms in total. The Bertz CT molecular complexity index is 378. The van der Waals surface area contributed by atoms with Gasteiger partial charge < -0.3 is 4.90 Å². The highest BCUT2D eigenvalue weighted by atomic mass is 15.2. The molecule has 2 heteroatoms. The Morgan fingerprint density at radius 2 is 2.27 bits per heavy atom. The van der Waals surface area contributed by atoms with Crippen LogP contribution in [0.4, 0.5) is 5.69 Å². The van der Waals surface area contributed by atoms with Gasteiger partial charge in [-0.1, -0.05) is 6.07 Å². The number of anilines is 1. The van der Waals surface area contributed by atoms with Gasteiger partial charge in [0, 0.05) is 18.3 Å². The Labute approximate surface area is 91.1 Å². The molecular weight excluding hydrogens is 184 g/mol. The molecule has 0 aliphatic carbocycles. The van der Waals surface area contributed by atoms with Crippen molar-refractivity contribution in [1.82, 2.24) is 0 Å². The summed E-state index contributed by atoms with van der Waals surface area (Å²) >= 11 is 0. The zero-order valence-electron chi connectivity index (χ0n) is 9.11. The molecule has 2 rings (SSSR count). The van der Waals surface area contributed by atoms with Gasteiger partial charge in [-0.2, -0.15) is 5.26 Å². The van der Waals surface area contributed by atoms with Crippen molar-refractivity contribution in [2.75, 3.05) is 11.4 Å². The molecular formula is C13H16N2. The number of nitrogens with zero attached hydrogens (tertiary/aromatic N) is 2. The summed E-state index contributed by atoms with van der Waals surface area (Å²) in [6.07, 6.45) is 3.85. The van der Waals surface area contributed by atoms with E-state index in [1.807, 2.05) is 18.2 Å². The van der Waals surface area contributed by atoms with Gasteiger partial charge in [-0.3, -0.25) is 0 Å². The number of rotatable bonds is 1. The van der Waals surface area contributed by atoms with Crippen LogP contribution >= 0.6 is 0 Å². The van der Waals surface area contributed by atoms with Crippen molar-refractivity contribution in [2.45, 2.75) is 32.2 Å². The first-order valence-corrected chi connectivity index (χ1v) is 5.58. The molecule has 0 N–H and O–H groups in total. The SMILES string of the molecule is CC1CCCCN1c1cccc(C#N)c1. The monoisotopic (exact) mass is 200 g/mol. The molecule has 15 heavy (non-hydrogen) atoms. The van der Waals surface area contributed by atoms with Crippen LogP contribution in [-0.4, -0.2) is 12.6 Å². The van der Waals surface area contributed by atoms with Crippen LogP contribution in [0.25, 0.3) is 0 Å². The minimum Gasteiger partial charge on any atom is -0.369 e. The Hall–Kier alpha value is -1.49. The average Bonchev–Trinajstić information content (AvgIpc) is 2.30. The normalized spacial score (nSPS) is 21.1. The lowest BCUT2D eigenvalue weighted by molar-refractivity contribution is 0.485. The standard InChI is InChI=1S/C13H16N2/c1-11-5-2-3-8-15(11)13-7-4-6-12(9-13)10-14/h4,6-7,9,11H,2-3,5,8H2,1H3. The van der Waals surface area contributed by atoms with E-state index in [0.29, 0.717) is 6.04 Å². The van der Waals surface area contributed by atoms with Gasteiger partial charge in [-0.05, 0) is 44.4 Å². The van der Waals surface area contributed by atoms with Gasteiger partial charge in [0.15, 0.2) is 0 Å². The minimum atomic E-state index is 0.604. The highest BCUT2D eigenvalue weighted by molar-refractivity contribution is 5.52. The van der Waals surface area contributed by atoms with Gasteiger partial charge >= 0.3 is 0 Å². The number of nitriles is 1. The summed E-state index contributed by atoms with van der Waals surface area (Å²) in [5.41, 5.74) is 1.95. The topological polar surface area (TPSA) is 27.0 Å². The van der Waals surface area contributed by atoms with Crippen molar-refractivity contribution < 1.29 is 0 Å². The third-order valence-electron chi connectivity index (χ3n) is 3.11. The highest BCUT2D eigenvalue weighted by Gasteiger charge is 2.18. The minimum absolute atomic E-state index is 0.604. The lowest BCUT2D eigenvalue weighted by Gasteiger charge is -2.35. The average molecular weight is 200 g/mol. The molecule has 1 saturated heterocycles. The zero-order chi connectivity index (χ0) is 10.7. The first kappa shape index (κ1) is 10.0. The lowest BCUT2D eigenvalue weighted by atomic mass is 10.0. The van der Waals surface area contributed by atoms with Crippen LogP contribution in [-0.2, 0) is 0 Å². The fourth-order valence-corrected chi connectivity index (χ4v) is 2.24. The molecule has 1 heterocycles. The Balaban J connectivity index is 2.24. The lowest BCUT2D eigenvalue weighted by Crippen LogP contribution is -2.37. The van der Waals surface area contributed by atoms with Crippen LogP contribution in [0.3, 0.4) is 0 Å². The molecule has 1 fully saturated rings. The first-order chi connectivity index (χ1) is 7.31. The molecule has 0 bridgehead atoms. The second-order valence-electron chi connectivity index (χ2n) is 4.20. The van der Waals surface area contributed by atoms with Crippen molar-refractivity contribution in [2.24, 2.45) is 0 Å². The van der Waals surface area contributed by atoms with E-state index in [1.54, 1.807) is 0 Å². The molecule has 1 aromatic rings. The zero-order valence-corrected chi connectivity index (χ0v) is 9.11. The van der Waals surface area contributed by atoms with Crippen LogP contribution in [0.15, 0.2) is 24.3 Å².